The van der Waals surface area contributed by atoms with Crippen molar-refractivity contribution >= 4 is 11.6 Å². The Hall–Kier alpha value is -2.93. The number of ether oxygens (including phenoxy) is 2. The smallest absolute Gasteiger partial charge is 0.311 e. The maximum atomic E-state index is 12.1. The quantitative estimate of drug-likeness (QED) is 0.400. The third-order valence-electron chi connectivity index (χ3n) is 3.58. The van der Waals surface area contributed by atoms with Gasteiger partial charge in [-0.15, -0.1) is 0 Å². The number of nitro benzene ring substituents is 1. The molecule has 0 fully saturated rings. The molecule has 0 saturated carbocycles. The number of hydrogen-bond acceptors (Lipinski definition) is 5. The molecule has 0 unspecified atom stereocenters. The average Bonchev–Trinajstić information content (AvgIpc) is 2.65. The zero-order chi connectivity index (χ0) is 18.8. The van der Waals surface area contributed by atoms with Crippen LogP contribution in [0, 0.1) is 10.1 Å². The summed E-state index contributed by atoms with van der Waals surface area (Å²) >= 11 is 0. The predicted molar refractivity (Wildman–Crippen MR) is 97.3 cm³/mol. The molecule has 2 aromatic rings. The Bertz CT molecular complexity index is 734. The highest BCUT2D eigenvalue weighted by Gasteiger charge is 2.18. The molecule has 0 aliphatic heterocycles. The van der Waals surface area contributed by atoms with E-state index < -0.39 is 4.92 Å². The number of carbonyl (C=O) groups excluding carboxylic acids is 1. The second kappa shape index (κ2) is 10.1. The van der Waals surface area contributed by atoms with Gasteiger partial charge in [0, 0.05) is 24.8 Å². The molecular formula is C19H22N2O5. The van der Waals surface area contributed by atoms with E-state index >= 15 is 0 Å². The van der Waals surface area contributed by atoms with Gasteiger partial charge in [-0.2, -0.15) is 0 Å². The molecule has 0 heterocycles. The lowest BCUT2D eigenvalue weighted by molar-refractivity contribution is -0.385. The van der Waals surface area contributed by atoms with Crippen molar-refractivity contribution in [3.8, 4) is 5.75 Å². The van der Waals surface area contributed by atoms with Crippen LogP contribution in [-0.2, 0) is 11.3 Å². The fourth-order valence-corrected chi connectivity index (χ4v) is 2.32. The standard InChI is InChI=1S/C19H22N2O5/c1-2-26-18-10-9-16(13-17(18)21(23)24)19(22)20-11-6-12-25-14-15-7-4-3-5-8-15/h3-5,7-10,13H,2,6,11-12,14H2,1H3,(H,20,22). The zero-order valence-corrected chi connectivity index (χ0v) is 14.6. The van der Waals surface area contributed by atoms with Crippen molar-refractivity contribution < 1.29 is 19.2 Å². The van der Waals surface area contributed by atoms with Crippen molar-refractivity contribution in [2.24, 2.45) is 0 Å². The van der Waals surface area contributed by atoms with E-state index in [-0.39, 0.29) is 22.9 Å². The summed E-state index contributed by atoms with van der Waals surface area (Å²) in [6.45, 7) is 3.52. The van der Waals surface area contributed by atoms with Gasteiger partial charge in [-0.3, -0.25) is 14.9 Å². The molecule has 26 heavy (non-hydrogen) atoms. The number of hydrogen-bond donors (Lipinski definition) is 1. The van der Waals surface area contributed by atoms with Crippen LogP contribution in [0.25, 0.3) is 0 Å². The van der Waals surface area contributed by atoms with E-state index in [2.05, 4.69) is 5.32 Å². The normalized spacial score (nSPS) is 10.3. The summed E-state index contributed by atoms with van der Waals surface area (Å²) in [4.78, 5) is 22.7. The lowest BCUT2D eigenvalue weighted by atomic mass is 10.1. The van der Waals surface area contributed by atoms with Crippen molar-refractivity contribution in [2.45, 2.75) is 20.0 Å². The van der Waals surface area contributed by atoms with Gasteiger partial charge in [-0.05, 0) is 31.0 Å². The monoisotopic (exact) mass is 358 g/mol. The first-order valence-electron chi connectivity index (χ1n) is 8.43. The molecule has 1 N–H and O–H groups in total. The molecule has 0 radical (unpaired) electrons. The Labute approximate surface area is 152 Å². The average molecular weight is 358 g/mol. The van der Waals surface area contributed by atoms with E-state index in [1.54, 1.807) is 6.92 Å². The third-order valence-corrected chi connectivity index (χ3v) is 3.58. The first kappa shape index (κ1) is 19.4. The minimum Gasteiger partial charge on any atom is -0.487 e. The SMILES string of the molecule is CCOc1ccc(C(=O)NCCCOCc2ccccc2)cc1[N+](=O)[O-]. The molecule has 0 aromatic heterocycles. The highest BCUT2D eigenvalue weighted by molar-refractivity contribution is 5.95. The van der Waals surface area contributed by atoms with Gasteiger partial charge in [0.05, 0.1) is 18.1 Å². The topological polar surface area (TPSA) is 90.7 Å². The molecule has 2 rings (SSSR count). The molecule has 0 bridgehead atoms. The van der Waals surface area contributed by atoms with E-state index in [9.17, 15) is 14.9 Å². The van der Waals surface area contributed by atoms with Gasteiger partial charge in [-0.1, -0.05) is 30.3 Å². The highest BCUT2D eigenvalue weighted by Crippen LogP contribution is 2.27. The molecule has 7 heteroatoms. The van der Waals surface area contributed by atoms with Crippen molar-refractivity contribution in [2.75, 3.05) is 19.8 Å². The maximum absolute atomic E-state index is 12.1. The van der Waals surface area contributed by atoms with E-state index in [0.29, 0.717) is 32.8 Å². The fraction of sp³-hybridized carbons (Fsp3) is 0.316. The van der Waals surface area contributed by atoms with Crippen molar-refractivity contribution in [3.63, 3.8) is 0 Å². The molecule has 0 saturated heterocycles. The van der Waals surface area contributed by atoms with Crippen molar-refractivity contribution in [1.29, 1.82) is 0 Å². The molecule has 2 aromatic carbocycles. The van der Waals surface area contributed by atoms with Crippen LogP contribution in [-0.4, -0.2) is 30.6 Å². The fourth-order valence-electron chi connectivity index (χ4n) is 2.32. The van der Waals surface area contributed by atoms with E-state index in [1.165, 1.54) is 18.2 Å². The van der Waals surface area contributed by atoms with Gasteiger partial charge in [0.25, 0.3) is 5.91 Å². The summed E-state index contributed by atoms with van der Waals surface area (Å²) in [7, 11) is 0. The number of benzene rings is 2. The largest absolute Gasteiger partial charge is 0.487 e. The van der Waals surface area contributed by atoms with Crippen LogP contribution in [0.1, 0.15) is 29.3 Å². The summed E-state index contributed by atoms with van der Waals surface area (Å²) in [5.74, 6) is -0.206. The first-order chi connectivity index (χ1) is 12.6. The summed E-state index contributed by atoms with van der Waals surface area (Å²) in [6, 6.07) is 14.0. The van der Waals surface area contributed by atoms with Crippen molar-refractivity contribution in [1.82, 2.24) is 5.32 Å². The molecule has 0 atom stereocenters. The van der Waals surface area contributed by atoms with Gasteiger partial charge in [0.1, 0.15) is 0 Å². The maximum Gasteiger partial charge on any atom is 0.311 e. The molecular weight excluding hydrogens is 336 g/mol. The summed E-state index contributed by atoms with van der Waals surface area (Å²) < 4.78 is 10.7. The van der Waals surface area contributed by atoms with Crippen LogP contribution in [0.5, 0.6) is 5.75 Å². The zero-order valence-electron chi connectivity index (χ0n) is 14.6. The highest BCUT2D eigenvalue weighted by atomic mass is 16.6. The third kappa shape index (κ3) is 5.86. The Balaban J connectivity index is 1.77. The first-order valence-corrected chi connectivity index (χ1v) is 8.43. The number of amides is 1. The van der Waals surface area contributed by atoms with Crippen LogP contribution in [0.4, 0.5) is 5.69 Å². The van der Waals surface area contributed by atoms with E-state index in [4.69, 9.17) is 9.47 Å². The molecule has 138 valence electrons. The summed E-state index contributed by atoms with van der Waals surface area (Å²) in [6.07, 6.45) is 0.650. The molecule has 0 spiro atoms. The van der Waals surface area contributed by atoms with E-state index in [1.807, 2.05) is 30.3 Å². The van der Waals surface area contributed by atoms with Crippen LogP contribution in [0.15, 0.2) is 48.5 Å². The van der Waals surface area contributed by atoms with Crippen molar-refractivity contribution in [3.05, 3.63) is 69.8 Å². The molecule has 7 nitrogen and oxygen atoms in total. The Morgan fingerprint density at radius 3 is 2.65 bits per heavy atom. The Morgan fingerprint density at radius 1 is 1.19 bits per heavy atom. The Kier molecular flexibility index (Phi) is 7.57. The number of nitro groups is 1. The lowest BCUT2D eigenvalue weighted by Crippen LogP contribution is -2.25. The number of rotatable bonds is 10. The minimum atomic E-state index is -0.556. The van der Waals surface area contributed by atoms with Gasteiger partial charge in [-0.25, -0.2) is 0 Å². The molecule has 0 aliphatic rings. The van der Waals surface area contributed by atoms with Crippen LogP contribution in [0.3, 0.4) is 0 Å². The van der Waals surface area contributed by atoms with Gasteiger partial charge >= 0.3 is 5.69 Å². The number of nitrogens with zero attached hydrogens (tertiary/aromatic N) is 1. The summed E-state index contributed by atoms with van der Waals surface area (Å²) in [5.41, 5.74) is 1.11. The molecule has 1 amide bonds. The van der Waals surface area contributed by atoms with Gasteiger partial charge in [0.15, 0.2) is 5.75 Å². The van der Waals surface area contributed by atoms with Gasteiger partial charge in [0.2, 0.25) is 0 Å². The van der Waals surface area contributed by atoms with Gasteiger partial charge < -0.3 is 14.8 Å². The second-order valence-electron chi connectivity index (χ2n) is 5.52. The van der Waals surface area contributed by atoms with Crippen LogP contribution < -0.4 is 10.1 Å². The summed E-state index contributed by atoms with van der Waals surface area (Å²) in [5, 5.41) is 13.8. The molecule has 0 aliphatic carbocycles. The minimum absolute atomic E-state index is 0.156. The van der Waals surface area contributed by atoms with E-state index in [0.717, 1.165) is 5.56 Å². The predicted octanol–water partition coefficient (Wildman–Crippen LogP) is 3.33. The lowest BCUT2D eigenvalue weighted by Gasteiger charge is -2.08. The Morgan fingerprint density at radius 2 is 1.96 bits per heavy atom. The van der Waals surface area contributed by atoms with Crippen LogP contribution in [0.2, 0.25) is 0 Å². The number of carbonyl (C=O) groups is 1. The number of nitrogens with one attached hydrogen (secondary N) is 1. The second-order valence-corrected chi connectivity index (χ2v) is 5.52. The van der Waals surface area contributed by atoms with Crippen LogP contribution >= 0.6 is 0 Å².